The molecule has 2 aliphatic rings. The van der Waals surface area contributed by atoms with Gasteiger partial charge in [0.2, 0.25) is 0 Å². The summed E-state index contributed by atoms with van der Waals surface area (Å²) in [5, 5.41) is 36.6. The van der Waals surface area contributed by atoms with Crippen LogP contribution in [0.4, 0.5) is 19.2 Å². The van der Waals surface area contributed by atoms with Crippen LogP contribution in [0.15, 0.2) is 78.9 Å². The Balaban J connectivity index is 0.000000177. The number of nitrogens with one attached hydrogen (secondary N) is 2. The second kappa shape index (κ2) is 10.9. The summed E-state index contributed by atoms with van der Waals surface area (Å²) < 4.78 is -0.757. The van der Waals surface area contributed by atoms with Crippen LogP contribution in [0.1, 0.15) is 22.8 Å². The van der Waals surface area contributed by atoms with Gasteiger partial charge in [-0.15, -0.1) is 0 Å². The Hall–Kier alpha value is -5.79. The Morgan fingerprint density at radius 2 is 0.791 bits per heavy atom. The van der Waals surface area contributed by atoms with Gasteiger partial charge in [0, 0.05) is 22.1 Å². The number of benzene rings is 1. The number of fused-ring (bicyclic) bond motifs is 8. The van der Waals surface area contributed by atoms with Gasteiger partial charge in [0.15, 0.2) is 0 Å². The molecule has 3 aromatic heterocycles. The molecule has 6 N–H and O–H groups in total. The van der Waals surface area contributed by atoms with Crippen molar-refractivity contribution in [1.29, 1.82) is 0 Å². The number of rotatable bonds is 5. The SMILES string of the molecule is C1=Cc2cc3ccc(cc4nc(cc5ccc(cc1n2)[nH]5)C=C4)[nH]3.O=[C](O)[Co]([C](=O)O)([C](=O)O)([C](=O)O)[c]1ccccc1. The molecule has 4 aromatic rings. The number of aromatic amines is 2. The Kier molecular flexibility index (Phi) is 7.27. The molecule has 13 heteroatoms. The van der Waals surface area contributed by atoms with Crippen LogP contribution < -0.4 is 4.50 Å². The van der Waals surface area contributed by atoms with Crippen LogP contribution in [0.3, 0.4) is 0 Å². The summed E-state index contributed by atoms with van der Waals surface area (Å²) in [5.74, 6) is 0. The van der Waals surface area contributed by atoms with E-state index in [1.165, 1.54) is 18.2 Å². The summed E-state index contributed by atoms with van der Waals surface area (Å²) in [5.41, 5.74) is 7.86. The van der Waals surface area contributed by atoms with E-state index in [1.807, 2.05) is 48.6 Å². The minimum atomic E-state index is -6.34. The summed E-state index contributed by atoms with van der Waals surface area (Å²) in [7, 11) is 0. The fourth-order valence-corrected chi connectivity index (χ4v) is 7.33. The number of hydrogen-bond acceptors (Lipinski definition) is 6. The molecule has 43 heavy (non-hydrogen) atoms. The average molecular weight is 626 g/mol. The maximum atomic E-state index is 11.4. The summed E-state index contributed by atoms with van der Waals surface area (Å²) in [4.78, 5) is 52.0. The van der Waals surface area contributed by atoms with Crippen LogP contribution in [0.5, 0.6) is 0 Å². The molecular weight excluding hydrogens is 603 g/mol. The molecule has 2 aliphatic heterocycles. The zero-order valence-electron chi connectivity index (χ0n) is 22.0. The van der Waals surface area contributed by atoms with E-state index in [2.05, 4.69) is 44.2 Å². The molecule has 1 aromatic carbocycles. The van der Waals surface area contributed by atoms with Gasteiger partial charge in [-0.25, -0.2) is 9.97 Å². The second-order valence-electron chi connectivity index (χ2n) is 8.94. The molecule has 0 spiro atoms. The Morgan fingerprint density at radius 1 is 0.488 bits per heavy atom. The van der Waals surface area contributed by atoms with E-state index in [-0.39, 0.29) is 0 Å². The third kappa shape index (κ3) is 4.77. The van der Waals surface area contributed by atoms with Gasteiger partial charge >= 0.3 is 106 Å². The predicted octanol–water partition coefficient (Wildman–Crippen LogP) is 6.37. The van der Waals surface area contributed by atoms with Gasteiger partial charge < -0.3 is 9.97 Å². The van der Waals surface area contributed by atoms with E-state index in [1.54, 1.807) is 0 Å². The van der Waals surface area contributed by atoms with Crippen LogP contribution in [0.2, 0.25) is 0 Å². The summed E-state index contributed by atoms with van der Waals surface area (Å²) in [6.07, 6.45) is 8.09. The fraction of sp³-hybridized carbons (Fsp3) is 0. The molecule has 5 heterocycles. The monoisotopic (exact) mass is 626 g/mol. The molecule has 0 radical (unpaired) electrons. The molecule has 0 fully saturated rings. The predicted molar refractivity (Wildman–Crippen MR) is 157 cm³/mol. The van der Waals surface area contributed by atoms with Crippen molar-refractivity contribution >= 4 is 70.5 Å². The Labute approximate surface area is 242 Å². The van der Waals surface area contributed by atoms with Crippen LogP contribution in [0.25, 0.3) is 46.4 Å². The zero-order chi connectivity index (χ0) is 30.8. The van der Waals surface area contributed by atoms with Crippen LogP contribution in [-0.4, -0.2) is 60.0 Å². The number of hydrogen-bond donors (Lipinski definition) is 6. The molecule has 8 bridgehead atoms. The number of H-pyrrole nitrogens is 2. The van der Waals surface area contributed by atoms with E-state index >= 15 is 0 Å². The van der Waals surface area contributed by atoms with E-state index in [0.717, 1.165) is 57.0 Å². The van der Waals surface area contributed by atoms with Gasteiger partial charge in [0.25, 0.3) is 0 Å². The Morgan fingerprint density at radius 3 is 1.07 bits per heavy atom. The Bertz CT molecular complexity index is 1790. The van der Waals surface area contributed by atoms with Crippen molar-refractivity contribution in [2.45, 2.75) is 0 Å². The third-order valence-corrected chi connectivity index (χ3v) is 11.4. The quantitative estimate of drug-likeness (QED) is 0.125. The summed E-state index contributed by atoms with van der Waals surface area (Å²) in [6.45, 7) is 0. The molecule has 0 amide bonds. The number of carboxylic acid groups (broad SMARTS) is 4. The molecule has 0 saturated heterocycles. The minimum absolute atomic E-state index is 0.757. The molecule has 6 rings (SSSR count). The van der Waals surface area contributed by atoms with Crippen LogP contribution in [-0.2, 0) is 11.6 Å². The topological polar surface area (TPSA) is 207 Å². The molecule has 0 aliphatic carbocycles. The first kappa shape index (κ1) is 28.7. The van der Waals surface area contributed by atoms with Crippen molar-refractivity contribution in [3.8, 4) is 0 Å². The maximum absolute atomic E-state index is 11.4. The first-order chi connectivity index (χ1) is 20.5. The number of aromatic nitrogens is 4. The normalized spacial score (nSPS) is 12.8. The van der Waals surface area contributed by atoms with E-state index in [0.29, 0.717) is 0 Å². The average Bonchev–Trinajstić information content (AvgIpc) is 3.76. The van der Waals surface area contributed by atoms with Gasteiger partial charge in [-0.05, 0) is 72.8 Å². The van der Waals surface area contributed by atoms with E-state index in [9.17, 15) is 19.2 Å². The van der Waals surface area contributed by atoms with Gasteiger partial charge in [0.05, 0.1) is 22.8 Å². The van der Waals surface area contributed by atoms with E-state index < -0.39 is 35.7 Å². The first-order valence-corrected chi connectivity index (χ1v) is 14.9. The second-order valence-corrected chi connectivity index (χ2v) is 13.9. The molecule has 0 atom stereocenters. The number of nitrogens with zero attached hydrogens (tertiary/aromatic N) is 2. The summed E-state index contributed by atoms with van der Waals surface area (Å²) >= 11 is -6.34. The first-order valence-electron chi connectivity index (χ1n) is 12.3. The summed E-state index contributed by atoms with van der Waals surface area (Å²) in [6, 6.07) is 21.8. The molecular formula is C30H23CoN4O8. The van der Waals surface area contributed by atoms with Crippen molar-refractivity contribution in [1.82, 2.24) is 19.9 Å². The van der Waals surface area contributed by atoms with Crippen molar-refractivity contribution in [3.05, 3.63) is 102 Å². The molecule has 220 valence electrons. The molecule has 0 unspecified atom stereocenters. The van der Waals surface area contributed by atoms with Crippen molar-refractivity contribution in [3.63, 3.8) is 0 Å². The van der Waals surface area contributed by atoms with Crippen LogP contribution >= 0.6 is 0 Å². The standard InChI is InChI=1S/C20H14N4.C6H5.4CHO2.Co/c1-2-14-10-16-5-6-18(23-16)12-20-8-7-19(24-20)11-17-4-3-15(22-17)9-13(1)21-14;1-2-4-6-5-3-1;4*2-1-3;/h1-12,21,24H;1-5H;4*(H,2,3);. The van der Waals surface area contributed by atoms with Crippen LogP contribution in [0, 0.1) is 0 Å². The van der Waals surface area contributed by atoms with Crippen molar-refractivity contribution in [2.75, 3.05) is 0 Å². The van der Waals surface area contributed by atoms with Gasteiger partial charge in [-0.1, -0.05) is 0 Å². The van der Waals surface area contributed by atoms with E-state index in [4.69, 9.17) is 20.4 Å². The van der Waals surface area contributed by atoms with Crippen molar-refractivity contribution in [2.24, 2.45) is 0 Å². The van der Waals surface area contributed by atoms with Crippen molar-refractivity contribution < 1.29 is 51.2 Å². The third-order valence-electron chi connectivity index (χ3n) is 6.29. The fourth-order valence-electron chi connectivity index (χ4n) is 4.27. The molecule has 12 nitrogen and oxygen atoms in total. The zero-order valence-corrected chi connectivity index (χ0v) is 23.0. The molecule has 0 saturated carbocycles. The van der Waals surface area contributed by atoms with Gasteiger partial charge in [-0.3, -0.25) is 0 Å². The number of carbonyl (C=O) groups is 4. The van der Waals surface area contributed by atoms with Gasteiger partial charge in [0.1, 0.15) is 0 Å². The van der Waals surface area contributed by atoms with Gasteiger partial charge in [-0.2, -0.15) is 0 Å².